The van der Waals surface area contributed by atoms with Gasteiger partial charge in [0, 0.05) is 40.7 Å². The number of aromatic nitrogens is 7. The van der Waals surface area contributed by atoms with E-state index in [1.807, 2.05) is 0 Å². The van der Waals surface area contributed by atoms with E-state index in [0.717, 1.165) is 12.1 Å². The van der Waals surface area contributed by atoms with Gasteiger partial charge in [-0.25, -0.2) is 38.4 Å². The maximum absolute atomic E-state index is 13.8. The topological polar surface area (TPSA) is 153 Å². The van der Waals surface area contributed by atoms with Crippen LogP contribution in [-0.2, 0) is 9.47 Å². The minimum absolute atomic E-state index is 0.0373. The molecule has 0 bridgehead atoms. The van der Waals surface area contributed by atoms with Crippen LogP contribution < -0.4 is 0 Å². The molecule has 2 saturated heterocycles. The molecule has 3 aromatic heterocycles. The second-order valence-corrected chi connectivity index (χ2v) is 13.8. The van der Waals surface area contributed by atoms with Gasteiger partial charge in [0.05, 0.1) is 50.5 Å². The van der Waals surface area contributed by atoms with E-state index < -0.39 is 69.2 Å². The second-order valence-electron chi connectivity index (χ2n) is 10.7. The van der Waals surface area contributed by atoms with Crippen LogP contribution in [0.2, 0.25) is 5.15 Å². The summed E-state index contributed by atoms with van der Waals surface area (Å²) in [5, 5.41) is 49.3. The normalized spacial score (nSPS) is 30.0. The number of halogens is 4. The molecular weight excluding hydrogens is 627 g/mol. The number of benzene rings is 1. The molecule has 5 heterocycles. The molecule has 2 aliphatic rings. The average Bonchev–Trinajstić information content (AvgIpc) is 3.70. The van der Waals surface area contributed by atoms with Crippen LogP contribution >= 0.6 is 22.5 Å². The zero-order chi connectivity index (χ0) is 31.1. The van der Waals surface area contributed by atoms with Gasteiger partial charge in [-0.05, 0) is 24.3 Å². The fraction of sp³-hybridized carbons (Fsp3) is 0.444. The van der Waals surface area contributed by atoms with Gasteiger partial charge in [0.25, 0.3) is 0 Å². The Balaban J connectivity index is 1.23. The Kier molecular flexibility index (Phi) is 8.92. The van der Waals surface area contributed by atoms with Crippen LogP contribution in [0.15, 0.2) is 42.9 Å². The van der Waals surface area contributed by atoms with E-state index in [-0.39, 0.29) is 31.1 Å². The maximum Gasteiger partial charge on any atom is 0.194 e. The van der Waals surface area contributed by atoms with Crippen molar-refractivity contribution in [1.82, 2.24) is 35.0 Å². The Morgan fingerprint density at radius 2 is 1.68 bits per heavy atom. The number of thiol groups is 1. The fourth-order valence-electron chi connectivity index (χ4n) is 5.91. The minimum atomic E-state index is -1.60. The highest BCUT2D eigenvalue weighted by Gasteiger charge is 2.49. The Bertz CT molecular complexity index is 1610. The molecule has 2 fully saturated rings. The number of hydrogen-bond acceptors (Lipinski definition) is 10. The highest BCUT2D eigenvalue weighted by atomic mass is 35.5. The van der Waals surface area contributed by atoms with Gasteiger partial charge in [-0.3, -0.25) is 0 Å². The van der Waals surface area contributed by atoms with Crippen LogP contribution in [0.25, 0.3) is 22.5 Å². The first-order valence-corrected chi connectivity index (χ1v) is 15.7. The Hall–Kier alpha value is -3.12. The summed E-state index contributed by atoms with van der Waals surface area (Å²) >= 11 is 6.01. The molecule has 17 heteroatoms. The number of nitrogens with zero attached hydrogens (tertiary/aromatic N) is 7. The van der Waals surface area contributed by atoms with Gasteiger partial charge < -0.3 is 24.8 Å². The average molecular weight is 656 g/mol. The highest BCUT2D eigenvalue weighted by molar-refractivity contribution is 8.18. The first kappa shape index (κ1) is 30.9. The lowest BCUT2D eigenvalue weighted by Gasteiger charge is -2.51. The Morgan fingerprint density at radius 1 is 1.00 bits per heavy atom. The Labute approximate surface area is 256 Å². The molecule has 12 nitrogen and oxygen atoms in total. The van der Waals surface area contributed by atoms with Crippen molar-refractivity contribution >= 4 is 22.5 Å². The summed E-state index contributed by atoms with van der Waals surface area (Å²) in [6.45, 7) is -0.0139. The van der Waals surface area contributed by atoms with Gasteiger partial charge in [0.2, 0.25) is 0 Å². The van der Waals surface area contributed by atoms with Crippen molar-refractivity contribution in [2.75, 3.05) is 32.7 Å². The first-order valence-electron chi connectivity index (χ1n) is 13.6. The van der Waals surface area contributed by atoms with Crippen LogP contribution in [0.4, 0.5) is 13.2 Å². The number of pyridine rings is 1. The minimum Gasteiger partial charge on any atom is -0.395 e. The third-order valence-corrected chi connectivity index (χ3v) is 11.8. The smallest absolute Gasteiger partial charge is 0.194 e. The number of rotatable bonds is 7. The van der Waals surface area contributed by atoms with E-state index in [4.69, 9.17) is 21.1 Å². The molecule has 0 radical (unpaired) electrons. The molecule has 0 aliphatic carbocycles. The Morgan fingerprint density at radius 3 is 2.36 bits per heavy atom. The molecule has 44 heavy (non-hydrogen) atoms. The molecule has 2 aliphatic heterocycles. The molecular formula is C27H29ClF3N7O5S. The van der Waals surface area contributed by atoms with Crippen LogP contribution in [0.5, 0.6) is 0 Å². The standard InChI is InChI=1S/C27H29ClF3N7O5S/c1-42-20-12-44(22-11-43-10-19(26(22)40)37-7-17(33-35-37)13-2-3-32-23(28)6-13)21(9-39)27(41)25(20)38-8-18(34-36-38)14-4-15(29)24(31)16(30)5-14/h2-8,19-22,25-27,39-41,44H,9-12H2,1H3/t19-,20-,21+,22+,25+,26+,27-/m0/s1. The fourth-order valence-corrected chi connectivity index (χ4v) is 9.56. The number of methoxy groups -OCH3 is 1. The van der Waals surface area contributed by atoms with Crippen LogP contribution in [0, 0.1) is 17.5 Å². The zero-order valence-corrected chi connectivity index (χ0v) is 24.8. The van der Waals surface area contributed by atoms with Crippen LogP contribution in [0.1, 0.15) is 12.1 Å². The van der Waals surface area contributed by atoms with E-state index in [2.05, 4.69) is 25.6 Å². The monoisotopic (exact) mass is 655 g/mol. The second kappa shape index (κ2) is 12.7. The van der Waals surface area contributed by atoms with E-state index in [1.165, 1.54) is 18.0 Å². The predicted molar refractivity (Wildman–Crippen MR) is 154 cm³/mol. The summed E-state index contributed by atoms with van der Waals surface area (Å²) in [6, 6.07) is 3.60. The highest BCUT2D eigenvalue weighted by Crippen LogP contribution is 2.51. The number of hydrogen-bond donors (Lipinski definition) is 4. The molecule has 236 valence electrons. The summed E-state index contributed by atoms with van der Waals surface area (Å²) in [7, 11) is 0.179. The lowest BCUT2D eigenvalue weighted by Crippen LogP contribution is -2.55. The summed E-state index contributed by atoms with van der Waals surface area (Å²) in [5.41, 5.74) is 1.26. The summed E-state index contributed by atoms with van der Waals surface area (Å²) in [4.78, 5) is 3.97. The summed E-state index contributed by atoms with van der Waals surface area (Å²) < 4.78 is 55.7. The number of aliphatic hydroxyl groups is 3. The lowest BCUT2D eigenvalue weighted by molar-refractivity contribution is -0.0339. The van der Waals surface area contributed by atoms with Gasteiger partial charge in [-0.15, -0.1) is 10.2 Å². The van der Waals surface area contributed by atoms with E-state index in [9.17, 15) is 28.5 Å². The first-order chi connectivity index (χ1) is 21.2. The van der Waals surface area contributed by atoms with Crippen molar-refractivity contribution in [3.63, 3.8) is 0 Å². The largest absolute Gasteiger partial charge is 0.395 e. The predicted octanol–water partition coefficient (Wildman–Crippen LogP) is 1.96. The van der Waals surface area contributed by atoms with Crippen LogP contribution in [0.3, 0.4) is 0 Å². The van der Waals surface area contributed by atoms with Crippen molar-refractivity contribution in [3.05, 3.63) is 65.5 Å². The molecule has 8 atom stereocenters. The van der Waals surface area contributed by atoms with E-state index in [1.54, 1.807) is 29.2 Å². The SMILES string of the molecule is CO[C@H]1C[SH]([C@@H]2COC[C@H](n3cc(-c4ccnc(Cl)c4)nn3)[C@H]2O)[C@H](CO)[C@H](O)[C@@H]1n1cc(-c2cc(F)c(F)c(F)c2)nn1. The van der Waals surface area contributed by atoms with Crippen molar-refractivity contribution < 1.29 is 38.0 Å². The molecule has 0 spiro atoms. The third-order valence-electron chi connectivity index (χ3n) is 8.19. The van der Waals surface area contributed by atoms with Gasteiger partial charge in [-0.2, -0.15) is 0 Å². The molecule has 3 N–H and O–H groups in total. The van der Waals surface area contributed by atoms with E-state index in [0.29, 0.717) is 22.2 Å². The quantitative estimate of drug-likeness (QED) is 0.132. The molecule has 0 saturated carbocycles. The molecule has 4 aromatic rings. The summed E-state index contributed by atoms with van der Waals surface area (Å²) in [5.74, 6) is -3.97. The lowest BCUT2D eigenvalue weighted by atomic mass is 10.0. The van der Waals surface area contributed by atoms with Crippen LogP contribution in [-0.4, -0.2) is 112 Å². The molecule has 1 aromatic carbocycles. The van der Waals surface area contributed by atoms with Crippen molar-refractivity contribution in [1.29, 1.82) is 0 Å². The van der Waals surface area contributed by atoms with Crippen molar-refractivity contribution in [2.24, 2.45) is 0 Å². The molecule has 1 unspecified atom stereocenters. The molecule has 0 amide bonds. The van der Waals surface area contributed by atoms with Gasteiger partial charge in [0.15, 0.2) is 17.5 Å². The number of ether oxygens (including phenoxy) is 2. The maximum atomic E-state index is 13.8. The number of aliphatic hydroxyl groups excluding tert-OH is 3. The van der Waals surface area contributed by atoms with Crippen molar-refractivity contribution in [2.45, 2.75) is 40.9 Å². The summed E-state index contributed by atoms with van der Waals surface area (Å²) in [6.07, 6.45) is 1.86. The van der Waals surface area contributed by atoms with Gasteiger partial charge in [-0.1, -0.05) is 22.0 Å². The van der Waals surface area contributed by atoms with Gasteiger partial charge in [0.1, 0.15) is 28.6 Å². The van der Waals surface area contributed by atoms with Gasteiger partial charge >= 0.3 is 0 Å². The third kappa shape index (κ3) is 5.71. The molecule has 6 rings (SSSR count). The van der Waals surface area contributed by atoms with E-state index >= 15 is 0 Å². The van der Waals surface area contributed by atoms with Crippen molar-refractivity contribution in [3.8, 4) is 22.5 Å². The zero-order valence-electron chi connectivity index (χ0n) is 23.2.